The van der Waals surface area contributed by atoms with Gasteiger partial charge in [0.1, 0.15) is 12.4 Å². The third-order valence-corrected chi connectivity index (χ3v) is 5.78. The molecule has 3 aromatic rings. The van der Waals surface area contributed by atoms with E-state index >= 15 is 0 Å². The van der Waals surface area contributed by atoms with Crippen LogP contribution in [-0.4, -0.2) is 21.3 Å². The number of primary amides is 1. The number of benzene rings is 2. The van der Waals surface area contributed by atoms with E-state index in [1.165, 1.54) is 19.3 Å². The molecule has 6 nitrogen and oxygen atoms in total. The molecule has 0 spiro atoms. The van der Waals surface area contributed by atoms with Crippen LogP contribution in [0.15, 0.2) is 54.6 Å². The lowest BCUT2D eigenvalue weighted by atomic mass is 9.82. The lowest BCUT2D eigenvalue weighted by Crippen LogP contribution is -2.32. The first kappa shape index (κ1) is 20.2. The number of pyridine rings is 1. The van der Waals surface area contributed by atoms with E-state index in [4.69, 9.17) is 10.5 Å². The van der Waals surface area contributed by atoms with Gasteiger partial charge in [0, 0.05) is 5.39 Å². The van der Waals surface area contributed by atoms with Gasteiger partial charge in [-0.25, -0.2) is 14.8 Å². The fourth-order valence-electron chi connectivity index (χ4n) is 4.19. The Balaban J connectivity index is 1.54. The highest BCUT2D eigenvalue weighted by Gasteiger charge is 2.21. The van der Waals surface area contributed by atoms with Crippen molar-refractivity contribution in [2.45, 2.75) is 51.2 Å². The van der Waals surface area contributed by atoms with Crippen LogP contribution in [0.3, 0.4) is 0 Å². The number of ether oxygens (including phenoxy) is 1. The molecule has 0 radical (unpaired) electrons. The summed E-state index contributed by atoms with van der Waals surface area (Å²) in [5.41, 5.74) is 9.04. The van der Waals surface area contributed by atoms with Crippen molar-refractivity contribution in [3.63, 3.8) is 0 Å². The van der Waals surface area contributed by atoms with E-state index in [1.807, 2.05) is 48.5 Å². The highest BCUT2D eigenvalue weighted by Crippen LogP contribution is 2.36. The smallest absolute Gasteiger partial charge is 0.338 e. The summed E-state index contributed by atoms with van der Waals surface area (Å²) < 4.78 is 6.05. The Kier molecular flexibility index (Phi) is 6.14. The monoisotopic (exact) mass is 405 g/mol. The van der Waals surface area contributed by atoms with Crippen LogP contribution < -0.4 is 10.5 Å². The predicted molar refractivity (Wildman–Crippen MR) is 115 cm³/mol. The SMILES string of the molecule is NC(=O)N(O)Cc1ccc(OCc2ccc3ccccc3n2)cc1C1CCCCC1. The minimum Gasteiger partial charge on any atom is -0.487 e. The Bertz CT molecular complexity index is 1030. The number of hydroxylamine groups is 2. The molecular formula is C24H27N3O3. The van der Waals surface area contributed by atoms with E-state index in [-0.39, 0.29) is 6.54 Å². The Hall–Kier alpha value is -3.12. The molecule has 1 fully saturated rings. The van der Waals surface area contributed by atoms with E-state index in [1.54, 1.807) is 0 Å². The van der Waals surface area contributed by atoms with Crippen molar-refractivity contribution in [1.82, 2.24) is 10.0 Å². The fourth-order valence-corrected chi connectivity index (χ4v) is 4.19. The maximum atomic E-state index is 11.3. The van der Waals surface area contributed by atoms with Crippen LogP contribution in [0, 0.1) is 0 Å². The Morgan fingerprint density at radius 1 is 1.10 bits per heavy atom. The highest BCUT2D eigenvalue weighted by atomic mass is 16.5. The Morgan fingerprint density at radius 2 is 1.90 bits per heavy atom. The average Bonchev–Trinajstić information content (AvgIpc) is 2.78. The minimum absolute atomic E-state index is 0.0771. The maximum Gasteiger partial charge on any atom is 0.338 e. The molecule has 0 atom stereocenters. The molecule has 4 rings (SSSR count). The third-order valence-electron chi connectivity index (χ3n) is 5.78. The average molecular weight is 405 g/mol. The number of hydrogen-bond acceptors (Lipinski definition) is 4. The summed E-state index contributed by atoms with van der Waals surface area (Å²) in [4.78, 5) is 15.9. The van der Waals surface area contributed by atoms with E-state index in [0.29, 0.717) is 17.6 Å². The molecule has 1 saturated carbocycles. The van der Waals surface area contributed by atoms with Gasteiger partial charge in [-0.15, -0.1) is 0 Å². The molecule has 6 heteroatoms. The van der Waals surface area contributed by atoms with Crippen molar-refractivity contribution >= 4 is 16.9 Å². The molecule has 0 bridgehead atoms. The van der Waals surface area contributed by atoms with Crippen LogP contribution >= 0.6 is 0 Å². The number of fused-ring (bicyclic) bond motifs is 1. The first-order valence-electron chi connectivity index (χ1n) is 10.5. The van der Waals surface area contributed by atoms with Crippen molar-refractivity contribution < 1.29 is 14.7 Å². The molecule has 1 aromatic heterocycles. The number of urea groups is 1. The van der Waals surface area contributed by atoms with E-state index in [9.17, 15) is 10.0 Å². The summed E-state index contributed by atoms with van der Waals surface area (Å²) in [5, 5.41) is 11.5. The largest absolute Gasteiger partial charge is 0.487 e. The number of aromatic nitrogens is 1. The molecule has 30 heavy (non-hydrogen) atoms. The van der Waals surface area contributed by atoms with Gasteiger partial charge in [-0.3, -0.25) is 5.21 Å². The number of amides is 2. The lowest BCUT2D eigenvalue weighted by Gasteiger charge is -2.26. The van der Waals surface area contributed by atoms with Gasteiger partial charge in [-0.1, -0.05) is 49.6 Å². The first-order valence-corrected chi connectivity index (χ1v) is 10.5. The summed E-state index contributed by atoms with van der Waals surface area (Å²) in [6, 6.07) is 17.0. The van der Waals surface area contributed by atoms with Crippen LogP contribution in [-0.2, 0) is 13.2 Å². The number of rotatable bonds is 6. The van der Waals surface area contributed by atoms with Gasteiger partial charge in [0.15, 0.2) is 0 Å². The van der Waals surface area contributed by atoms with Gasteiger partial charge in [-0.05, 0) is 54.2 Å². The normalized spacial score (nSPS) is 14.6. The fraction of sp³-hybridized carbons (Fsp3) is 0.333. The number of nitrogens with zero attached hydrogens (tertiary/aromatic N) is 2. The molecule has 1 aliphatic rings. The van der Waals surface area contributed by atoms with E-state index in [2.05, 4.69) is 11.1 Å². The van der Waals surface area contributed by atoms with Crippen LogP contribution in [0.4, 0.5) is 4.79 Å². The van der Waals surface area contributed by atoms with Crippen molar-refractivity contribution in [3.05, 3.63) is 71.4 Å². The minimum atomic E-state index is -0.854. The third kappa shape index (κ3) is 4.71. The van der Waals surface area contributed by atoms with Gasteiger partial charge in [-0.2, -0.15) is 0 Å². The second-order valence-electron chi connectivity index (χ2n) is 7.88. The molecule has 0 aliphatic heterocycles. The summed E-state index contributed by atoms with van der Waals surface area (Å²) >= 11 is 0. The molecular weight excluding hydrogens is 378 g/mol. The molecule has 0 saturated heterocycles. The first-order chi connectivity index (χ1) is 14.6. The summed E-state index contributed by atoms with van der Waals surface area (Å²) in [7, 11) is 0. The Labute approximate surface area is 176 Å². The van der Waals surface area contributed by atoms with Gasteiger partial charge in [0.25, 0.3) is 0 Å². The van der Waals surface area contributed by atoms with Crippen molar-refractivity contribution in [2.75, 3.05) is 0 Å². The van der Waals surface area contributed by atoms with Gasteiger partial charge < -0.3 is 10.5 Å². The summed E-state index contributed by atoms with van der Waals surface area (Å²) in [5.74, 6) is 1.16. The number of carbonyl (C=O) groups excluding carboxylic acids is 1. The predicted octanol–water partition coefficient (Wildman–Crippen LogP) is 5.13. The standard InChI is InChI=1S/C24H27N3O3/c25-24(28)27(29)15-19-11-13-21(14-22(19)17-6-2-1-3-7-17)30-16-20-12-10-18-8-4-5-9-23(18)26-20/h4-5,8-14,17,29H,1-3,6-7,15-16H2,(H2,25,28). The van der Waals surface area contributed by atoms with Crippen molar-refractivity contribution in [1.29, 1.82) is 0 Å². The topological polar surface area (TPSA) is 88.7 Å². The molecule has 1 heterocycles. The highest BCUT2D eigenvalue weighted by molar-refractivity contribution is 5.78. The van der Waals surface area contributed by atoms with Crippen LogP contribution in [0.1, 0.15) is 54.8 Å². The maximum absolute atomic E-state index is 11.3. The zero-order valence-corrected chi connectivity index (χ0v) is 17.0. The quantitative estimate of drug-likeness (QED) is 0.439. The number of carbonyl (C=O) groups is 1. The lowest BCUT2D eigenvalue weighted by molar-refractivity contribution is -0.0473. The second kappa shape index (κ2) is 9.13. The Morgan fingerprint density at radius 3 is 2.70 bits per heavy atom. The molecule has 3 N–H and O–H groups in total. The zero-order chi connectivity index (χ0) is 20.9. The number of para-hydroxylation sites is 1. The molecule has 0 unspecified atom stereocenters. The molecule has 1 aliphatic carbocycles. The number of nitrogens with two attached hydrogens (primary N) is 1. The van der Waals surface area contributed by atoms with Crippen LogP contribution in [0.25, 0.3) is 10.9 Å². The molecule has 156 valence electrons. The molecule has 2 aromatic carbocycles. The van der Waals surface area contributed by atoms with Gasteiger partial charge in [0.05, 0.1) is 17.8 Å². The van der Waals surface area contributed by atoms with E-state index in [0.717, 1.165) is 46.3 Å². The van der Waals surface area contributed by atoms with Gasteiger partial charge in [0.2, 0.25) is 0 Å². The van der Waals surface area contributed by atoms with Crippen molar-refractivity contribution in [2.24, 2.45) is 5.73 Å². The zero-order valence-electron chi connectivity index (χ0n) is 17.0. The second-order valence-corrected chi connectivity index (χ2v) is 7.88. The summed E-state index contributed by atoms with van der Waals surface area (Å²) in [6.45, 7) is 0.454. The van der Waals surface area contributed by atoms with Crippen molar-refractivity contribution in [3.8, 4) is 5.75 Å². The number of hydrogen-bond donors (Lipinski definition) is 2. The van der Waals surface area contributed by atoms with Crippen LogP contribution in [0.2, 0.25) is 0 Å². The van der Waals surface area contributed by atoms with Gasteiger partial charge >= 0.3 is 6.03 Å². The molecule has 2 amide bonds. The summed E-state index contributed by atoms with van der Waals surface area (Å²) in [6.07, 6.45) is 5.84. The van der Waals surface area contributed by atoms with Crippen LogP contribution in [0.5, 0.6) is 5.75 Å². The van der Waals surface area contributed by atoms with E-state index < -0.39 is 6.03 Å².